The summed E-state index contributed by atoms with van der Waals surface area (Å²) in [7, 11) is 0. The van der Waals surface area contributed by atoms with Crippen molar-refractivity contribution in [1.82, 2.24) is 5.32 Å². The van der Waals surface area contributed by atoms with Crippen molar-refractivity contribution < 1.29 is 24.2 Å². The number of hydrogen-bond donors (Lipinski definition) is 2. The number of ether oxygens (including phenoxy) is 2. The SMILES string of the molecule is O=C(COc1ccccc1OCc1ccccc1)NC1(C(=O)O)CCC1. The van der Waals surface area contributed by atoms with Crippen molar-refractivity contribution in [3.05, 3.63) is 60.2 Å². The van der Waals surface area contributed by atoms with Gasteiger partial charge in [-0.05, 0) is 37.0 Å². The molecular weight excluding hydrogens is 334 g/mol. The third-order valence-corrected chi connectivity index (χ3v) is 4.44. The summed E-state index contributed by atoms with van der Waals surface area (Å²) in [5.41, 5.74) is -0.113. The first kappa shape index (κ1) is 17.8. The molecule has 2 aromatic carbocycles. The van der Waals surface area contributed by atoms with Crippen LogP contribution in [0, 0.1) is 0 Å². The van der Waals surface area contributed by atoms with Gasteiger partial charge in [-0.1, -0.05) is 42.5 Å². The van der Waals surface area contributed by atoms with Crippen molar-refractivity contribution in [3.63, 3.8) is 0 Å². The molecule has 6 nitrogen and oxygen atoms in total. The highest BCUT2D eigenvalue weighted by Crippen LogP contribution is 2.32. The van der Waals surface area contributed by atoms with Gasteiger partial charge in [0.25, 0.3) is 5.91 Å². The summed E-state index contributed by atoms with van der Waals surface area (Å²) in [6.45, 7) is 0.121. The van der Waals surface area contributed by atoms with Crippen LogP contribution in [0.4, 0.5) is 0 Å². The molecule has 0 atom stereocenters. The Morgan fingerprint density at radius 1 is 0.962 bits per heavy atom. The number of para-hydroxylation sites is 2. The van der Waals surface area contributed by atoms with Gasteiger partial charge in [0, 0.05) is 0 Å². The Morgan fingerprint density at radius 2 is 1.58 bits per heavy atom. The van der Waals surface area contributed by atoms with Gasteiger partial charge in [0.15, 0.2) is 18.1 Å². The van der Waals surface area contributed by atoms with Crippen molar-refractivity contribution in [1.29, 1.82) is 0 Å². The number of nitrogens with one attached hydrogen (secondary N) is 1. The molecule has 0 heterocycles. The first-order valence-electron chi connectivity index (χ1n) is 8.52. The molecule has 2 N–H and O–H groups in total. The van der Waals surface area contributed by atoms with E-state index in [1.54, 1.807) is 18.2 Å². The van der Waals surface area contributed by atoms with Gasteiger partial charge in [-0.15, -0.1) is 0 Å². The fourth-order valence-corrected chi connectivity index (χ4v) is 2.79. The molecule has 26 heavy (non-hydrogen) atoms. The topological polar surface area (TPSA) is 84.9 Å². The second-order valence-corrected chi connectivity index (χ2v) is 6.30. The highest BCUT2D eigenvalue weighted by atomic mass is 16.5. The van der Waals surface area contributed by atoms with E-state index in [0.717, 1.165) is 12.0 Å². The van der Waals surface area contributed by atoms with Crippen LogP contribution in [0.2, 0.25) is 0 Å². The van der Waals surface area contributed by atoms with Gasteiger partial charge >= 0.3 is 5.97 Å². The van der Waals surface area contributed by atoms with E-state index < -0.39 is 17.4 Å². The smallest absolute Gasteiger partial charge is 0.329 e. The molecular formula is C20H21NO5. The van der Waals surface area contributed by atoms with E-state index in [1.165, 1.54) is 0 Å². The molecule has 1 saturated carbocycles. The summed E-state index contributed by atoms with van der Waals surface area (Å²) < 4.78 is 11.3. The van der Waals surface area contributed by atoms with Crippen LogP contribution in [-0.2, 0) is 16.2 Å². The number of aliphatic carboxylic acids is 1. The number of carboxylic acids is 1. The minimum absolute atomic E-state index is 0.263. The Bertz CT molecular complexity index is 771. The summed E-state index contributed by atoms with van der Waals surface area (Å²) in [5.74, 6) is -0.481. The normalized spacial score (nSPS) is 14.8. The second kappa shape index (κ2) is 7.91. The lowest BCUT2D eigenvalue weighted by Gasteiger charge is -2.38. The molecule has 0 radical (unpaired) electrons. The second-order valence-electron chi connectivity index (χ2n) is 6.30. The van der Waals surface area contributed by atoms with Crippen LogP contribution < -0.4 is 14.8 Å². The highest BCUT2D eigenvalue weighted by Gasteiger charge is 2.45. The van der Waals surface area contributed by atoms with Crippen LogP contribution in [0.1, 0.15) is 24.8 Å². The minimum Gasteiger partial charge on any atom is -0.485 e. The quantitative estimate of drug-likeness (QED) is 0.761. The molecule has 0 spiro atoms. The first-order chi connectivity index (χ1) is 12.6. The van der Waals surface area contributed by atoms with Crippen molar-refractivity contribution in [2.75, 3.05) is 6.61 Å². The molecule has 136 valence electrons. The van der Waals surface area contributed by atoms with E-state index in [9.17, 15) is 14.7 Å². The Hall–Kier alpha value is -3.02. The van der Waals surface area contributed by atoms with E-state index >= 15 is 0 Å². The fourth-order valence-electron chi connectivity index (χ4n) is 2.79. The monoisotopic (exact) mass is 355 g/mol. The Balaban J connectivity index is 1.56. The fraction of sp³-hybridized carbons (Fsp3) is 0.300. The number of carboxylic acid groups (broad SMARTS) is 1. The van der Waals surface area contributed by atoms with Crippen LogP contribution in [0.3, 0.4) is 0 Å². The highest BCUT2D eigenvalue weighted by molar-refractivity contribution is 5.88. The number of carbonyl (C=O) groups excluding carboxylic acids is 1. The Labute approximate surface area is 151 Å². The summed E-state index contributed by atoms with van der Waals surface area (Å²) in [6, 6.07) is 16.8. The molecule has 1 amide bonds. The largest absolute Gasteiger partial charge is 0.485 e. The standard InChI is InChI=1S/C20H21NO5/c22-18(21-20(19(23)24)11-6-12-20)14-26-17-10-5-4-9-16(17)25-13-15-7-2-1-3-8-15/h1-5,7-10H,6,11-14H2,(H,21,22)(H,23,24). The lowest BCUT2D eigenvalue weighted by molar-refractivity contribution is -0.152. The van der Waals surface area contributed by atoms with Gasteiger partial charge in [0.2, 0.25) is 0 Å². The van der Waals surface area contributed by atoms with E-state index in [0.29, 0.717) is 30.9 Å². The maximum Gasteiger partial charge on any atom is 0.329 e. The van der Waals surface area contributed by atoms with Crippen molar-refractivity contribution in [2.24, 2.45) is 0 Å². The molecule has 0 bridgehead atoms. The number of rotatable bonds is 8. The number of hydrogen-bond acceptors (Lipinski definition) is 4. The molecule has 0 saturated heterocycles. The molecule has 1 aliphatic carbocycles. The van der Waals surface area contributed by atoms with E-state index in [-0.39, 0.29) is 6.61 Å². The predicted octanol–water partition coefficient (Wildman–Crippen LogP) is 2.77. The van der Waals surface area contributed by atoms with Gasteiger partial charge < -0.3 is 19.9 Å². The number of amides is 1. The zero-order valence-electron chi connectivity index (χ0n) is 14.3. The zero-order valence-corrected chi connectivity index (χ0v) is 14.3. The minimum atomic E-state index is -1.14. The number of carbonyl (C=O) groups is 2. The maximum absolute atomic E-state index is 12.1. The summed E-state index contributed by atoms with van der Waals surface area (Å²) in [6.07, 6.45) is 1.69. The molecule has 0 unspecified atom stereocenters. The van der Waals surface area contributed by atoms with Crippen LogP contribution in [-0.4, -0.2) is 29.1 Å². The zero-order chi connectivity index (χ0) is 18.4. The van der Waals surface area contributed by atoms with Gasteiger partial charge in [-0.3, -0.25) is 4.79 Å². The first-order valence-corrected chi connectivity index (χ1v) is 8.52. The summed E-state index contributed by atoms with van der Waals surface area (Å²) in [4.78, 5) is 23.4. The lowest BCUT2D eigenvalue weighted by atomic mass is 9.77. The summed E-state index contributed by atoms with van der Waals surface area (Å²) >= 11 is 0. The molecule has 1 aliphatic rings. The van der Waals surface area contributed by atoms with Crippen molar-refractivity contribution in [3.8, 4) is 11.5 Å². The van der Waals surface area contributed by atoms with Crippen molar-refractivity contribution in [2.45, 2.75) is 31.4 Å². The molecule has 0 aliphatic heterocycles. The average Bonchev–Trinajstić information content (AvgIpc) is 2.62. The molecule has 0 aromatic heterocycles. The van der Waals surface area contributed by atoms with Crippen LogP contribution >= 0.6 is 0 Å². The maximum atomic E-state index is 12.1. The van der Waals surface area contributed by atoms with E-state index in [2.05, 4.69) is 5.32 Å². The predicted molar refractivity (Wildman–Crippen MR) is 95.1 cm³/mol. The van der Waals surface area contributed by atoms with Gasteiger partial charge in [0.05, 0.1) is 0 Å². The van der Waals surface area contributed by atoms with Crippen molar-refractivity contribution >= 4 is 11.9 Å². The summed E-state index contributed by atoms with van der Waals surface area (Å²) in [5, 5.41) is 11.8. The van der Waals surface area contributed by atoms with Crippen LogP contribution in [0.15, 0.2) is 54.6 Å². The van der Waals surface area contributed by atoms with Gasteiger partial charge in [0.1, 0.15) is 12.1 Å². The Morgan fingerprint density at radius 3 is 2.15 bits per heavy atom. The Kier molecular flexibility index (Phi) is 5.41. The number of benzene rings is 2. The third-order valence-electron chi connectivity index (χ3n) is 4.44. The molecule has 1 fully saturated rings. The van der Waals surface area contributed by atoms with E-state index in [1.807, 2.05) is 36.4 Å². The lowest BCUT2D eigenvalue weighted by Crippen LogP contribution is -2.59. The van der Waals surface area contributed by atoms with E-state index in [4.69, 9.17) is 9.47 Å². The van der Waals surface area contributed by atoms with Crippen LogP contribution in [0.5, 0.6) is 11.5 Å². The molecule has 6 heteroatoms. The molecule has 3 rings (SSSR count). The molecule has 2 aromatic rings. The van der Waals surface area contributed by atoms with Crippen LogP contribution in [0.25, 0.3) is 0 Å². The van der Waals surface area contributed by atoms with Gasteiger partial charge in [-0.2, -0.15) is 0 Å². The third kappa shape index (κ3) is 4.14. The average molecular weight is 355 g/mol. The van der Waals surface area contributed by atoms with Gasteiger partial charge in [-0.25, -0.2) is 4.79 Å².